The van der Waals surface area contributed by atoms with E-state index >= 15 is 0 Å². The van der Waals surface area contributed by atoms with Crippen molar-refractivity contribution in [3.63, 3.8) is 0 Å². The molecule has 0 amide bonds. The maximum absolute atomic E-state index is 5.47. The van der Waals surface area contributed by atoms with Gasteiger partial charge >= 0.3 is 0 Å². The molecule has 10 heavy (non-hydrogen) atoms. The van der Waals surface area contributed by atoms with Crippen molar-refractivity contribution in [2.75, 3.05) is 6.61 Å². The molecule has 1 unspecified atom stereocenters. The van der Waals surface area contributed by atoms with Gasteiger partial charge in [0, 0.05) is 12.8 Å². The fourth-order valence-corrected chi connectivity index (χ4v) is 1.89. The van der Waals surface area contributed by atoms with Crippen molar-refractivity contribution in [1.82, 2.24) is 4.98 Å². The smallest absolute Gasteiger partial charge is 0.0933 e. The number of hydrogen-bond donors (Lipinski definition) is 0. The lowest BCUT2D eigenvalue weighted by atomic mass is 10.2. The molecule has 3 heteroatoms. The Kier molecular flexibility index (Phi) is 1.69. The second-order valence-electron chi connectivity index (χ2n) is 2.41. The molecule has 1 aliphatic heterocycles. The normalized spacial score (nSPS) is 25.4. The van der Waals surface area contributed by atoms with E-state index in [1.54, 1.807) is 11.3 Å². The first-order chi connectivity index (χ1) is 4.97. The van der Waals surface area contributed by atoms with E-state index in [2.05, 4.69) is 4.98 Å². The van der Waals surface area contributed by atoms with Crippen molar-refractivity contribution in [3.8, 4) is 0 Å². The zero-order valence-electron chi connectivity index (χ0n) is 5.62. The summed E-state index contributed by atoms with van der Waals surface area (Å²) < 4.78 is 5.47. The fourth-order valence-electron chi connectivity index (χ4n) is 1.19. The summed E-state index contributed by atoms with van der Waals surface area (Å²) in [5, 5.41) is 0. The van der Waals surface area contributed by atoms with Crippen LogP contribution in [0, 0.1) is 0 Å². The molecule has 0 spiro atoms. The molecule has 1 aliphatic rings. The summed E-state index contributed by atoms with van der Waals surface area (Å²) in [4.78, 5) is 5.28. The van der Waals surface area contributed by atoms with Gasteiger partial charge in [-0.3, -0.25) is 4.98 Å². The van der Waals surface area contributed by atoms with E-state index < -0.39 is 0 Å². The number of hydrogen-bond acceptors (Lipinski definition) is 3. The minimum atomic E-state index is 0.354. The van der Waals surface area contributed by atoms with Gasteiger partial charge in [-0.15, -0.1) is 11.3 Å². The third kappa shape index (κ3) is 1.07. The minimum Gasteiger partial charge on any atom is -0.373 e. The fraction of sp³-hybridized carbons (Fsp3) is 0.571. The number of aromatic nitrogens is 1. The van der Waals surface area contributed by atoms with Crippen molar-refractivity contribution in [2.45, 2.75) is 18.9 Å². The van der Waals surface area contributed by atoms with Crippen molar-refractivity contribution in [2.24, 2.45) is 0 Å². The van der Waals surface area contributed by atoms with Gasteiger partial charge in [0.05, 0.1) is 16.5 Å². The van der Waals surface area contributed by atoms with Gasteiger partial charge in [0.2, 0.25) is 0 Å². The van der Waals surface area contributed by atoms with Crippen molar-refractivity contribution < 1.29 is 4.74 Å². The summed E-state index contributed by atoms with van der Waals surface area (Å²) in [5.74, 6) is 0. The maximum atomic E-state index is 5.47. The zero-order valence-corrected chi connectivity index (χ0v) is 6.43. The molecule has 1 fully saturated rings. The van der Waals surface area contributed by atoms with Crippen LogP contribution in [0.2, 0.25) is 0 Å². The molecule has 0 saturated carbocycles. The highest BCUT2D eigenvalue weighted by Gasteiger charge is 2.18. The lowest BCUT2D eigenvalue weighted by Crippen LogP contribution is -1.90. The van der Waals surface area contributed by atoms with Crippen LogP contribution >= 0.6 is 11.3 Å². The standard InChI is InChI=1S/C7H9NOS/c1-2-6(9-3-1)7-4-8-5-10-7/h4-6H,1-3H2. The molecule has 0 aliphatic carbocycles. The minimum absolute atomic E-state index is 0.354. The van der Waals surface area contributed by atoms with Gasteiger partial charge in [0.25, 0.3) is 0 Å². The summed E-state index contributed by atoms with van der Waals surface area (Å²) in [6, 6.07) is 0. The van der Waals surface area contributed by atoms with Crippen LogP contribution in [0.1, 0.15) is 23.8 Å². The van der Waals surface area contributed by atoms with Crippen LogP contribution in [0.4, 0.5) is 0 Å². The van der Waals surface area contributed by atoms with Crippen LogP contribution in [-0.4, -0.2) is 11.6 Å². The van der Waals surface area contributed by atoms with Crippen LogP contribution in [0.5, 0.6) is 0 Å². The first kappa shape index (κ1) is 6.31. The van der Waals surface area contributed by atoms with Gasteiger partial charge in [0.1, 0.15) is 0 Å². The predicted octanol–water partition coefficient (Wildman–Crippen LogP) is 1.99. The van der Waals surface area contributed by atoms with E-state index in [9.17, 15) is 0 Å². The Bertz CT molecular complexity index is 191. The van der Waals surface area contributed by atoms with Crippen LogP contribution in [0.3, 0.4) is 0 Å². The van der Waals surface area contributed by atoms with E-state index in [4.69, 9.17) is 4.74 Å². The van der Waals surface area contributed by atoms with Crippen LogP contribution in [0.25, 0.3) is 0 Å². The highest BCUT2D eigenvalue weighted by atomic mass is 32.1. The average molecular weight is 155 g/mol. The van der Waals surface area contributed by atoms with Crippen LogP contribution in [0.15, 0.2) is 11.7 Å². The summed E-state index contributed by atoms with van der Waals surface area (Å²) in [7, 11) is 0. The molecule has 1 aromatic rings. The average Bonchev–Trinajstić information content (AvgIpc) is 2.59. The molecule has 2 rings (SSSR count). The second kappa shape index (κ2) is 2.68. The third-order valence-electron chi connectivity index (χ3n) is 1.70. The molecule has 0 bridgehead atoms. The third-order valence-corrected chi connectivity index (χ3v) is 2.57. The summed E-state index contributed by atoms with van der Waals surface area (Å²) in [5.41, 5.74) is 1.86. The monoisotopic (exact) mass is 155 g/mol. The number of rotatable bonds is 1. The largest absolute Gasteiger partial charge is 0.373 e. The SMILES string of the molecule is c1ncc(C2CCCO2)s1. The van der Waals surface area contributed by atoms with E-state index in [1.165, 1.54) is 17.7 Å². The Morgan fingerprint density at radius 2 is 2.70 bits per heavy atom. The Hall–Kier alpha value is -0.410. The molecule has 0 N–H and O–H groups in total. The van der Waals surface area contributed by atoms with Gasteiger partial charge in [-0.1, -0.05) is 0 Å². The van der Waals surface area contributed by atoms with Crippen molar-refractivity contribution in [1.29, 1.82) is 0 Å². The highest BCUT2D eigenvalue weighted by molar-refractivity contribution is 7.09. The number of ether oxygens (including phenoxy) is 1. The molecule has 0 aromatic carbocycles. The summed E-state index contributed by atoms with van der Waals surface area (Å²) in [6.45, 7) is 0.919. The molecule has 2 nitrogen and oxygen atoms in total. The highest BCUT2D eigenvalue weighted by Crippen LogP contribution is 2.30. The van der Waals surface area contributed by atoms with Gasteiger partial charge < -0.3 is 4.74 Å². The molecular weight excluding hydrogens is 146 g/mol. The molecule has 1 saturated heterocycles. The Balaban J connectivity index is 2.12. The quantitative estimate of drug-likeness (QED) is 0.618. The van der Waals surface area contributed by atoms with E-state index in [-0.39, 0.29) is 0 Å². The second-order valence-corrected chi connectivity index (χ2v) is 3.32. The van der Waals surface area contributed by atoms with Crippen LogP contribution in [-0.2, 0) is 4.74 Å². The first-order valence-electron chi connectivity index (χ1n) is 3.47. The lowest BCUT2D eigenvalue weighted by molar-refractivity contribution is 0.114. The summed E-state index contributed by atoms with van der Waals surface area (Å²) >= 11 is 1.68. The van der Waals surface area contributed by atoms with E-state index in [0.29, 0.717) is 6.10 Å². The molecule has 2 heterocycles. The van der Waals surface area contributed by atoms with Gasteiger partial charge in [-0.2, -0.15) is 0 Å². The molecule has 1 atom stereocenters. The molecule has 1 aromatic heterocycles. The van der Waals surface area contributed by atoms with Crippen LogP contribution < -0.4 is 0 Å². The number of thiazole rings is 1. The van der Waals surface area contributed by atoms with Gasteiger partial charge in [0.15, 0.2) is 0 Å². The lowest BCUT2D eigenvalue weighted by Gasteiger charge is -2.03. The van der Waals surface area contributed by atoms with Crippen molar-refractivity contribution in [3.05, 3.63) is 16.6 Å². The van der Waals surface area contributed by atoms with E-state index in [1.807, 2.05) is 11.7 Å². The molecular formula is C7H9NOS. The molecule has 54 valence electrons. The van der Waals surface area contributed by atoms with E-state index in [0.717, 1.165) is 6.61 Å². The summed E-state index contributed by atoms with van der Waals surface area (Å²) in [6.07, 6.45) is 4.62. The number of nitrogens with zero attached hydrogens (tertiary/aromatic N) is 1. The topological polar surface area (TPSA) is 22.1 Å². The maximum Gasteiger partial charge on any atom is 0.0933 e. The Morgan fingerprint density at radius 1 is 1.70 bits per heavy atom. The Morgan fingerprint density at radius 3 is 3.30 bits per heavy atom. The van der Waals surface area contributed by atoms with Gasteiger partial charge in [-0.25, -0.2) is 0 Å². The zero-order chi connectivity index (χ0) is 6.81. The Labute approximate surface area is 63.9 Å². The first-order valence-corrected chi connectivity index (χ1v) is 4.35. The molecule has 0 radical (unpaired) electrons. The van der Waals surface area contributed by atoms with Crippen molar-refractivity contribution >= 4 is 11.3 Å². The predicted molar refractivity (Wildman–Crippen MR) is 40.0 cm³/mol. The van der Waals surface area contributed by atoms with Gasteiger partial charge in [-0.05, 0) is 12.8 Å².